The van der Waals surface area contributed by atoms with Crippen LogP contribution in [-0.2, 0) is 33.3 Å². The van der Waals surface area contributed by atoms with Crippen molar-refractivity contribution in [3.8, 4) is 22.9 Å². The van der Waals surface area contributed by atoms with Crippen LogP contribution < -0.4 is 0 Å². The largest absolute Gasteiger partial charge is 0.505 e. The molecule has 0 bridgehead atoms. The highest BCUT2D eigenvalue weighted by molar-refractivity contribution is 5.76. The number of fused-ring (bicyclic) bond motifs is 2. The first-order valence-corrected chi connectivity index (χ1v) is 16.6. The van der Waals surface area contributed by atoms with Crippen LogP contribution in [0.2, 0.25) is 0 Å². The van der Waals surface area contributed by atoms with Crippen molar-refractivity contribution in [2.24, 2.45) is 0 Å². The summed E-state index contributed by atoms with van der Waals surface area (Å²) in [6.07, 6.45) is 1.52. The molecule has 0 spiro atoms. The molecular formula is C39H44N6O5. The minimum atomic E-state index is -0.852. The third kappa shape index (κ3) is 8.16. The highest BCUT2D eigenvalue weighted by Crippen LogP contribution is 2.38. The molecule has 0 saturated carbocycles. The number of benzene rings is 4. The summed E-state index contributed by atoms with van der Waals surface area (Å²) in [5, 5.41) is 48.4. The third-order valence-electron chi connectivity index (χ3n) is 8.31. The molecule has 0 atom stereocenters. The molecule has 260 valence electrons. The lowest BCUT2D eigenvalue weighted by molar-refractivity contribution is -0.137. The number of Topliss-reactive ketones (excluding diaryl/α,β-unsaturated/α-hetero) is 1. The van der Waals surface area contributed by atoms with E-state index in [9.17, 15) is 19.8 Å². The molecule has 0 fully saturated rings. The van der Waals surface area contributed by atoms with Gasteiger partial charge in [-0.2, -0.15) is 0 Å². The number of ketones is 1. The van der Waals surface area contributed by atoms with Crippen molar-refractivity contribution < 1.29 is 24.9 Å². The van der Waals surface area contributed by atoms with Gasteiger partial charge in [0.25, 0.3) is 0 Å². The monoisotopic (exact) mass is 676 g/mol. The van der Waals surface area contributed by atoms with Crippen LogP contribution in [0.1, 0.15) is 83.6 Å². The van der Waals surface area contributed by atoms with Gasteiger partial charge in [0, 0.05) is 24.0 Å². The average molecular weight is 677 g/mol. The van der Waals surface area contributed by atoms with Crippen LogP contribution >= 0.6 is 0 Å². The topological polar surface area (TPSA) is 156 Å². The number of phenols is 2. The molecular weight excluding hydrogens is 632 g/mol. The molecule has 0 aliphatic heterocycles. The molecule has 3 N–H and O–H groups in total. The van der Waals surface area contributed by atoms with Gasteiger partial charge in [-0.15, -0.1) is 30.0 Å². The Morgan fingerprint density at radius 3 is 1.24 bits per heavy atom. The van der Waals surface area contributed by atoms with Crippen LogP contribution in [0.4, 0.5) is 0 Å². The van der Waals surface area contributed by atoms with E-state index < -0.39 is 5.97 Å². The molecule has 0 amide bonds. The SMILES string of the molecule is CC(=O)CCc1cc(-n2nc3ccccc3n2)c(O)c(C(C)(C)C)c1.CC(C)(C)c1cc(CCC(=O)O)cc(-n2nc3ccccc3n2)c1O. The number of aromatic hydroxyl groups is 2. The van der Waals surface area contributed by atoms with Crippen molar-refractivity contribution >= 4 is 33.8 Å². The predicted octanol–water partition coefficient (Wildman–Crippen LogP) is 7.39. The van der Waals surface area contributed by atoms with Crippen molar-refractivity contribution in [3.05, 3.63) is 95.1 Å². The fraction of sp³-hybridized carbons (Fsp3) is 0.333. The third-order valence-corrected chi connectivity index (χ3v) is 8.31. The van der Waals surface area contributed by atoms with E-state index >= 15 is 0 Å². The molecule has 50 heavy (non-hydrogen) atoms. The van der Waals surface area contributed by atoms with E-state index in [0.29, 0.717) is 30.6 Å². The lowest BCUT2D eigenvalue weighted by Gasteiger charge is -2.23. The van der Waals surface area contributed by atoms with Gasteiger partial charge in [-0.3, -0.25) is 4.79 Å². The number of nitrogens with zero attached hydrogens (tertiary/aromatic N) is 6. The maximum atomic E-state index is 11.4. The van der Waals surface area contributed by atoms with Crippen LogP contribution in [0.3, 0.4) is 0 Å². The van der Waals surface area contributed by atoms with E-state index in [0.717, 1.165) is 44.3 Å². The normalized spacial score (nSPS) is 11.8. The molecule has 6 aromatic rings. The number of carbonyl (C=O) groups is 2. The molecule has 0 aliphatic rings. The maximum Gasteiger partial charge on any atom is 0.303 e. The zero-order valence-corrected chi connectivity index (χ0v) is 29.6. The minimum absolute atomic E-state index is 0.0301. The van der Waals surface area contributed by atoms with Crippen LogP contribution in [0.15, 0.2) is 72.8 Å². The highest BCUT2D eigenvalue weighted by atomic mass is 16.4. The van der Waals surface area contributed by atoms with Crippen molar-refractivity contribution in [1.82, 2.24) is 30.0 Å². The van der Waals surface area contributed by atoms with Crippen LogP contribution in [0, 0.1) is 0 Å². The lowest BCUT2D eigenvalue weighted by atomic mass is 9.84. The van der Waals surface area contributed by atoms with Crippen molar-refractivity contribution in [1.29, 1.82) is 0 Å². The quantitative estimate of drug-likeness (QED) is 0.150. The fourth-order valence-electron chi connectivity index (χ4n) is 5.60. The Labute approximate surface area is 291 Å². The molecule has 11 nitrogen and oxygen atoms in total. The molecule has 0 radical (unpaired) electrons. The standard InChI is InChI=1S/C20H23N3O2.C19H21N3O3/c1-13(24)9-10-14-11-15(20(2,3)4)19(25)18(12-14)23-21-16-7-5-6-8-17(16)22-23;1-19(2,3)13-10-12(8-9-17(23)24)11-16(18(13)25)22-20-14-6-4-5-7-15(14)21-22/h5-8,11-12,25H,9-10H2,1-4H3;4-7,10-11,25H,8-9H2,1-3H3,(H,23,24). The van der Waals surface area contributed by atoms with Gasteiger partial charge in [0.15, 0.2) is 0 Å². The zero-order chi connectivity index (χ0) is 36.4. The first-order valence-electron chi connectivity index (χ1n) is 16.6. The van der Waals surface area contributed by atoms with E-state index in [1.54, 1.807) is 13.0 Å². The second kappa shape index (κ2) is 14.1. The van der Waals surface area contributed by atoms with Crippen LogP contribution in [0.5, 0.6) is 11.5 Å². The Bertz CT molecular complexity index is 1960. The first kappa shape index (κ1) is 35.7. The fourth-order valence-corrected chi connectivity index (χ4v) is 5.60. The Hall–Kier alpha value is -5.58. The van der Waals surface area contributed by atoms with E-state index in [1.165, 1.54) is 9.59 Å². The van der Waals surface area contributed by atoms with Gasteiger partial charge in [0.2, 0.25) is 0 Å². The first-order chi connectivity index (χ1) is 23.5. The number of phenolic OH excluding ortho intramolecular Hbond substituents is 2. The molecule has 2 aromatic heterocycles. The Morgan fingerprint density at radius 1 is 0.600 bits per heavy atom. The number of hydrogen-bond donors (Lipinski definition) is 3. The summed E-state index contributed by atoms with van der Waals surface area (Å²) in [4.78, 5) is 25.2. The number of aryl methyl sites for hydroxylation is 2. The lowest BCUT2D eigenvalue weighted by Crippen LogP contribution is -2.14. The van der Waals surface area contributed by atoms with E-state index in [2.05, 4.69) is 20.4 Å². The van der Waals surface area contributed by atoms with Gasteiger partial charge < -0.3 is 20.1 Å². The van der Waals surface area contributed by atoms with E-state index in [-0.39, 0.29) is 34.5 Å². The molecule has 11 heteroatoms. The number of aromatic nitrogens is 6. The Kier molecular flexibility index (Phi) is 10.1. The number of aliphatic carboxylic acids is 1. The van der Waals surface area contributed by atoms with Gasteiger partial charge >= 0.3 is 5.97 Å². The second-order valence-electron chi connectivity index (χ2n) is 14.6. The molecule has 2 heterocycles. The molecule has 0 unspecified atom stereocenters. The average Bonchev–Trinajstić information content (AvgIpc) is 3.67. The van der Waals surface area contributed by atoms with Crippen molar-refractivity contribution in [2.45, 2.75) is 85.0 Å². The smallest absolute Gasteiger partial charge is 0.303 e. The summed E-state index contributed by atoms with van der Waals surface area (Å²) in [5.41, 5.74) is 6.87. The Morgan fingerprint density at radius 2 is 0.940 bits per heavy atom. The molecule has 4 aromatic carbocycles. The van der Waals surface area contributed by atoms with E-state index in [4.69, 9.17) is 5.11 Å². The molecule has 0 aliphatic carbocycles. The summed E-state index contributed by atoms with van der Waals surface area (Å²) in [6, 6.07) is 22.5. The highest BCUT2D eigenvalue weighted by Gasteiger charge is 2.25. The molecule has 6 rings (SSSR count). The predicted molar refractivity (Wildman–Crippen MR) is 193 cm³/mol. The van der Waals surface area contributed by atoms with E-state index in [1.807, 2.05) is 108 Å². The summed E-state index contributed by atoms with van der Waals surface area (Å²) in [5.74, 6) is -0.406. The number of hydrogen-bond acceptors (Lipinski definition) is 8. The molecule has 0 saturated heterocycles. The Balaban J connectivity index is 0.000000194. The second-order valence-corrected chi connectivity index (χ2v) is 14.6. The maximum absolute atomic E-state index is 11.4. The van der Waals surface area contributed by atoms with Gasteiger partial charge in [0.05, 0.1) is 0 Å². The van der Waals surface area contributed by atoms with Crippen molar-refractivity contribution in [3.63, 3.8) is 0 Å². The van der Waals surface area contributed by atoms with Gasteiger partial charge in [-0.05, 0) is 78.1 Å². The zero-order valence-electron chi connectivity index (χ0n) is 29.6. The summed E-state index contributed by atoms with van der Waals surface area (Å²) in [6.45, 7) is 13.7. The number of rotatable bonds is 8. The van der Waals surface area contributed by atoms with Crippen molar-refractivity contribution in [2.75, 3.05) is 0 Å². The van der Waals surface area contributed by atoms with Gasteiger partial charge in [-0.1, -0.05) is 77.9 Å². The summed E-state index contributed by atoms with van der Waals surface area (Å²) in [7, 11) is 0. The van der Waals surface area contributed by atoms with Crippen LogP contribution in [0.25, 0.3) is 33.4 Å². The summed E-state index contributed by atoms with van der Waals surface area (Å²) < 4.78 is 0. The van der Waals surface area contributed by atoms with Gasteiger partial charge in [0.1, 0.15) is 50.7 Å². The number of carboxylic acids is 1. The van der Waals surface area contributed by atoms with Gasteiger partial charge in [-0.25, -0.2) is 0 Å². The number of carboxylic acid groups (broad SMARTS) is 1. The van der Waals surface area contributed by atoms with Crippen LogP contribution in [-0.4, -0.2) is 57.1 Å². The summed E-state index contributed by atoms with van der Waals surface area (Å²) >= 11 is 0. The number of carbonyl (C=O) groups excluding carboxylic acids is 1. The minimum Gasteiger partial charge on any atom is -0.505 e.